The fraction of sp³-hybridized carbons (Fsp3) is 1.00. The minimum absolute atomic E-state index is 0.464. The molecule has 0 atom stereocenters. The predicted octanol–water partition coefficient (Wildman–Crippen LogP) is 3.37. The lowest BCUT2D eigenvalue weighted by molar-refractivity contribution is 0.205. The van der Waals surface area contributed by atoms with Crippen LogP contribution in [0.3, 0.4) is 0 Å². The molecule has 1 fully saturated rings. The van der Waals surface area contributed by atoms with Gasteiger partial charge in [-0.2, -0.15) is 0 Å². The van der Waals surface area contributed by atoms with Gasteiger partial charge in [-0.3, -0.25) is 4.57 Å². The Labute approximate surface area is 112 Å². The van der Waals surface area contributed by atoms with Gasteiger partial charge in [-0.1, -0.05) is 0 Å². The topological polar surface area (TPSA) is 38.8 Å². The molecule has 0 aromatic carbocycles. The summed E-state index contributed by atoms with van der Waals surface area (Å²) in [7, 11) is -0.634. The molecule has 1 heterocycles. The zero-order chi connectivity index (χ0) is 13.4. The molecule has 1 saturated heterocycles. The maximum atomic E-state index is 12.3. The van der Waals surface area contributed by atoms with Crippen LogP contribution >= 0.6 is 7.60 Å². The molecule has 1 aliphatic heterocycles. The van der Waals surface area contributed by atoms with E-state index in [1.165, 1.54) is 25.9 Å². The zero-order valence-electron chi connectivity index (χ0n) is 12.1. The molecule has 0 radical (unpaired) electrons. The van der Waals surface area contributed by atoms with Gasteiger partial charge in [0.15, 0.2) is 0 Å². The molecule has 0 unspecified atom stereocenters. The van der Waals surface area contributed by atoms with Crippen LogP contribution in [0.5, 0.6) is 0 Å². The lowest BCUT2D eigenvalue weighted by Crippen LogP contribution is -2.30. The van der Waals surface area contributed by atoms with Crippen molar-refractivity contribution in [1.82, 2.24) is 4.90 Å². The Morgan fingerprint density at radius 1 is 1.17 bits per heavy atom. The summed E-state index contributed by atoms with van der Waals surface area (Å²) in [5.41, 5.74) is 0. The van der Waals surface area contributed by atoms with E-state index in [9.17, 15) is 4.57 Å². The van der Waals surface area contributed by atoms with Gasteiger partial charge in [0.1, 0.15) is 0 Å². The third kappa shape index (κ3) is 5.83. The predicted molar refractivity (Wildman–Crippen MR) is 75.2 cm³/mol. The highest BCUT2D eigenvalue weighted by Gasteiger charge is 2.24. The van der Waals surface area contributed by atoms with Crippen LogP contribution in [0.2, 0.25) is 0 Å². The molecule has 108 valence electrons. The van der Waals surface area contributed by atoms with Crippen molar-refractivity contribution < 1.29 is 13.6 Å². The molecule has 0 bridgehead atoms. The smallest absolute Gasteiger partial charge is 0.309 e. The first-order valence-electron chi connectivity index (χ1n) is 7.16. The van der Waals surface area contributed by atoms with E-state index in [1.54, 1.807) is 0 Å². The molecular formula is C13H28NO3P. The van der Waals surface area contributed by atoms with Crippen LogP contribution in [-0.4, -0.2) is 44.4 Å². The molecule has 0 aliphatic carbocycles. The Bertz CT molecular complexity index is 255. The third-order valence-corrected chi connectivity index (χ3v) is 5.70. The minimum atomic E-state index is -2.81. The average Bonchev–Trinajstić information content (AvgIpc) is 2.32. The molecular weight excluding hydrogens is 249 g/mol. The molecule has 0 N–H and O–H groups in total. The second-order valence-electron chi connectivity index (χ2n) is 5.06. The normalized spacial score (nSPS) is 19.3. The van der Waals surface area contributed by atoms with Gasteiger partial charge in [0.05, 0.1) is 19.4 Å². The molecule has 1 rings (SSSR count). The summed E-state index contributed by atoms with van der Waals surface area (Å²) in [6.45, 7) is 7.04. The fourth-order valence-electron chi connectivity index (χ4n) is 2.48. The molecule has 5 heteroatoms. The average molecular weight is 277 g/mol. The number of piperidine rings is 1. The summed E-state index contributed by atoms with van der Waals surface area (Å²) in [6.07, 6.45) is 5.21. The summed E-state index contributed by atoms with van der Waals surface area (Å²) in [4.78, 5) is 2.38. The Hall–Kier alpha value is 0.110. The van der Waals surface area contributed by atoms with Crippen LogP contribution in [0.15, 0.2) is 0 Å². The highest BCUT2D eigenvalue weighted by molar-refractivity contribution is 7.53. The molecule has 1 aliphatic rings. The molecule has 0 aromatic rings. The molecule has 18 heavy (non-hydrogen) atoms. The van der Waals surface area contributed by atoms with Gasteiger partial charge in [0.25, 0.3) is 0 Å². The summed E-state index contributed by atoms with van der Waals surface area (Å²) < 4.78 is 22.9. The summed E-state index contributed by atoms with van der Waals surface area (Å²) in [6, 6.07) is 0. The maximum Gasteiger partial charge on any atom is 0.330 e. The van der Waals surface area contributed by atoms with E-state index in [2.05, 4.69) is 11.9 Å². The lowest BCUT2D eigenvalue weighted by atomic mass is 9.93. The first-order valence-corrected chi connectivity index (χ1v) is 8.89. The second kappa shape index (κ2) is 8.31. The number of likely N-dealkylation sites (tertiary alicyclic amines) is 1. The minimum Gasteiger partial charge on any atom is -0.309 e. The van der Waals surface area contributed by atoms with Crippen molar-refractivity contribution in [3.8, 4) is 0 Å². The van der Waals surface area contributed by atoms with Gasteiger partial charge in [-0.15, -0.1) is 0 Å². The Morgan fingerprint density at radius 2 is 1.72 bits per heavy atom. The van der Waals surface area contributed by atoms with Gasteiger partial charge in [0, 0.05) is 0 Å². The standard InChI is InChI=1S/C13H28NO3P/c1-4-16-18(15,17-5-2)12-6-7-13-8-10-14(3)11-9-13/h13H,4-12H2,1-3H3. The zero-order valence-corrected chi connectivity index (χ0v) is 13.0. The van der Waals surface area contributed by atoms with E-state index in [4.69, 9.17) is 9.05 Å². The van der Waals surface area contributed by atoms with Crippen molar-refractivity contribution >= 4 is 7.60 Å². The number of hydrogen-bond donors (Lipinski definition) is 0. The lowest BCUT2D eigenvalue weighted by Gasteiger charge is -2.29. The van der Waals surface area contributed by atoms with Crippen LogP contribution in [0, 0.1) is 5.92 Å². The van der Waals surface area contributed by atoms with E-state index >= 15 is 0 Å². The van der Waals surface area contributed by atoms with Crippen LogP contribution in [0.1, 0.15) is 39.5 Å². The monoisotopic (exact) mass is 277 g/mol. The highest BCUT2D eigenvalue weighted by atomic mass is 31.2. The van der Waals surface area contributed by atoms with E-state index in [0.717, 1.165) is 18.8 Å². The molecule has 4 nitrogen and oxygen atoms in total. The van der Waals surface area contributed by atoms with Gasteiger partial charge in [-0.25, -0.2) is 0 Å². The number of nitrogens with zero attached hydrogens (tertiary/aromatic N) is 1. The Kier molecular flexibility index (Phi) is 7.47. The largest absolute Gasteiger partial charge is 0.330 e. The number of hydrogen-bond acceptors (Lipinski definition) is 4. The van der Waals surface area contributed by atoms with E-state index in [-0.39, 0.29) is 0 Å². The van der Waals surface area contributed by atoms with Crippen molar-refractivity contribution in [2.75, 3.05) is 39.5 Å². The second-order valence-corrected chi connectivity index (χ2v) is 7.24. The van der Waals surface area contributed by atoms with Crippen LogP contribution in [-0.2, 0) is 13.6 Å². The first kappa shape index (κ1) is 16.2. The Morgan fingerprint density at radius 3 is 2.22 bits per heavy atom. The van der Waals surface area contributed by atoms with Crippen LogP contribution in [0.4, 0.5) is 0 Å². The van der Waals surface area contributed by atoms with Gasteiger partial charge in [0.2, 0.25) is 0 Å². The van der Waals surface area contributed by atoms with Crippen LogP contribution < -0.4 is 0 Å². The SMILES string of the molecule is CCOP(=O)(CCCC1CCN(C)CC1)OCC. The van der Waals surface area contributed by atoms with Gasteiger partial charge < -0.3 is 13.9 Å². The quantitative estimate of drug-likeness (QED) is 0.638. The number of rotatable bonds is 8. The highest BCUT2D eigenvalue weighted by Crippen LogP contribution is 2.49. The Balaban J connectivity index is 2.24. The van der Waals surface area contributed by atoms with Crippen molar-refractivity contribution in [2.24, 2.45) is 5.92 Å². The molecule has 0 amide bonds. The van der Waals surface area contributed by atoms with Crippen molar-refractivity contribution in [3.63, 3.8) is 0 Å². The molecule has 0 aromatic heterocycles. The van der Waals surface area contributed by atoms with E-state index < -0.39 is 7.60 Å². The summed E-state index contributed by atoms with van der Waals surface area (Å²) in [5.74, 6) is 0.790. The maximum absolute atomic E-state index is 12.3. The molecule has 0 spiro atoms. The van der Waals surface area contributed by atoms with Crippen molar-refractivity contribution in [3.05, 3.63) is 0 Å². The first-order chi connectivity index (χ1) is 8.59. The summed E-state index contributed by atoms with van der Waals surface area (Å²) in [5, 5.41) is 0. The fourth-order valence-corrected chi connectivity index (χ4v) is 4.17. The van der Waals surface area contributed by atoms with Crippen LogP contribution in [0.25, 0.3) is 0 Å². The van der Waals surface area contributed by atoms with Crippen molar-refractivity contribution in [1.29, 1.82) is 0 Å². The summed E-state index contributed by atoms with van der Waals surface area (Å²) >= 11 is 0. The van der Waals surface area contributed by atoms with E-state index in [0.29, 0.717) is 19.4 Å². The third-order valence-electron chi connectivity index (χ3n) is 3.53. The van der Waals surface area contributed by atoms with Gasteiger partial charge >= 0.3 is 7.60 Å². The van der Waals surface area contributed by atoms with E-state index in [1.807, 2.05) is 13.8 Å². The molecule has 0 saturated carbocycles. The van der Waals surface area contributed by atoms with Gasteiger partial charge in [-0.05, 0) is 65.6 Å². The van der Waals surface area contributed by atoms with Crippen molar-refractivity contribution in [2.45, 2.75) is 39.5 Å².